The standard InChI is InChI=1S/C32H44N2O2/c1-23-21-31(3,4)33-29-15-13-25(19-27(23)29)35-17-11-9-7-8-10-12-18-36-26-14-16-30-28(20-26)24(2)22-32(5,6)34-30/h13-16,19-22,33-34H,7-12,17-18H2,1-6H3. The molecule has 0 atom stereocenters. The van der Waals surface area contributed by atoms with Gasteiger partial charge in [0.15, 0.2) is 0 Å². The van der Waals surface area contributed by atoms with Crippen molar-refractivity contribution in [1.29, 1.82) is 0 Å². The Kier molecular flexibility index (Phi) is 8.02. The molecule has 0 spiro atoms. The SMILES string of the molecule is CC1=CC(C)(C)Nc2ccc(OCCCCCCCCOc3ccc4c(c3)C(C)=CC(C)(C)N4)cc21. The molecule has 2 N–H and O–H groups in total. The van der Waals surface area contributed by atoms with Crippen LogP contribution in [0.15, 0.2) is 48.6 Å². The first kappa shape index (κ1) is 26.2. The fourth-order valence-electron chi connectivity index (χ4n) is 5.39. The molecule has 4 nitrogen and oxygen atoms in total. The van der Waals surface area contributed by atoms with Crippen LogP contribution < -0.4 is 20.1 Å². The van der Waals surface area contributed by atoms with E-state index in [0.29, 0.717) is 0 Å². The molecule has 36 heavy (non-hydrogen) atoms. The molecular formula is C32H44N2O2. The highest BCUT2D eigenvalue weighted by Gasteiger charge is 2.23. The van der Waals surface area contributed by atoms with E-state index < -0.39 is 0 Å². The molecule has 0 saturated heterocycles. The second-order valence-corrected chi connectivity index (χ2v) is 11.6. The number of rotatable bonds is 11. The lowest BCUT2D eigenvalue weighted by atomic mass is 9.91. The quantitative estimate of drug-likeness (QED) is 0.310. The topological polar surface area (TPSA) is 42.5 Å². The van der Waals surface area contributed by atoms with Crippen LogP contribution in [0.1, 0.15) is 91.2 Å². The van der Waals surface area contributed by atoms with E-state index in [0.717, 1.165) is 37.6 Å². The highest BCUT2D eigenvalue weighted by atomic mass is 16.5. The molecule has 2 aromatic rings. The molecule has 2 heterocycles. The van der Waals surface area contributed by atoms with Gasteiger partial charge in [0, 0.05) is 22.5 Å². The molecular weight excluding hydrogens is 444 g/mol. The van der Waals surface area contributed by atoms with Gasteiger partial charge in [0.1, 0.15) is 11.5 Å². The Morgan fingerprint density at radius 3 is 1.39 bits per heavy atom. The van der Waals surface area contributed by atoms with E-state index in [4.69, 9.17) is 9.47 Å². The molecule has 0 saturated carbocycles. The van der Waals surface area contributed by atoms with E-state index >= 15 is 0 Å². The molecule has 4 heteroatoms. The van der Waals surface area contributed by atoms with Crippen LogP contribution in [0.4, 0.5) is 11.4 Å². The predicted molar refractivity (Wildman–Crippen MR) is 154 cm³/mol. The van der Waals surface area contributed by atoms with Crippen LogP contribution in [0.2, 0.25) is 0 Å². The van der Waals surface area contributed by atoms with Crippen molar-refractivity contribution in [3.05, 3.63) is 59.7 Å². The first-order valence-corrected chi connectivity index (χ1v) is 13.6. The summed E-state index contributed by atoms with van der Waals surface area (Å²) in [5, 5.41) is 7.16. The Morgan fingerprint density at radius 1 is 0.583 bits per heavy atom. The van der Waals surface area contributed by atoms with Crippen molar-refractivity contribution in [1.82, 2.24) is 0 Å². The van der Waals surface area contributed by atoms with Crippen LogP contribution in [0.5, 0.6) is 11.5 Å². The number of nitrogens with one attached hydrogen (secondary N) is 2. The van der Waals surface area contributed by atoms with Gasteiger partial charge in [-0.1, -0.05) is 37.8 Å². The number of allylic oxidation sites excluding steroid dienone is 2. The average molecular weight is 489 g/mol. The van der Waals surface area contributed by atoms with Crippen molar-refractivity contribution in [3.8, 4) is 11.5 Å². The summed E-state index contributed by atoms with van der Waals surface area (Å²) >= 11 is 0. The van der Waals surface area contributed by atoms with Gasteiger partial charge in [-0.15, -0.1) is 0 Å². The highest BCUT2D eigenvalue weighted by Crippen LogP contribution is 2.37. The molecule has 0 aliphatic carbocycles. The molecule has 0 unspecified atom stereocenters. The van der Waals surface area contributed by atoms with Crippen molar-refractivity contribution in [2.75, 3.05) is 23.8 Å². The number of hydrogen-bond acceptors (Lipinski definition) is 4. The molecule has 0 aromatic heterocycles. The maximum atomic E-state index is 6.04. The van der Waals surface area contributed by atoms with Crippen molar-refractivity contribution in [3.63, 3.8) is 0 Å². The lowest BCUT2D eigenvalue weighted by Crippen LogP contribution is -2.31. The van der Waals surface area contributed by atoms with E-state index in [1.807, 2.05) is 0 Å². The van der Waals surface area contributed by atoms with E-state index in [9.17, 15) is 0 Å². The summed E-state index contributed by atoms with van der Waals surface area (Å²) in [6, 6.07) is 12.8. The first-order chi connectivity index (χ1) is 17.1. The summed E-state index contributed by atoms with van der Waals surface area (Å²) in [5.74, 6) is 1.93. The fourth-order valence-corrected chi connectivity index (χ4v) is 5.39. The Labute approximate surface area is 218 Å². The Morgan fingerprint density at radius 2 is 0.972 bits per heavy atom. The Bertz CT molecular complexity index is 1040. The molecule has 0 bridgehead atoms. The second-order valence-electron chi connectivity index (χ2n) is 11.6. The third-order valence-electron chi connectivity index (χ3n) is 6.98. The lowest BCUT2D eigenvalue weighted by molar-refractivity contribution is 0.297. The van der Waals surface area contributed by atoms with Gasteiger partial charge in [-0.25, -0.2) is 0 Å². The summed E-state index contributed by atoms with van der Waals surface area (Å²) in [5.41, 5.74) is 7.49. The zero-order chi connectivity index (χ0) is 25.8. The van der Waals surface area contributed by atoms with Gasteiger partial charge in [0.25, 0.3) is 0 Å². The van der Waals surface area contributed by atoms with Crippen molar-refractivity contribution < 1.29 is 9.47 Å². The van der Waals surface area contributed by atoms with Crippen molar-refractivity contribution in [2.24, 2.45) is 0 Å². The highest BCUT2D eigenvalue weighted by molar-refractivity contribution is 5.81. The van der Waals surface area contributed by atoms with E-state index in [1.165, 1.54) is 59.3 Å². The normalized spacial score (nSPS) is 17.1. The molecule has 0 radical (unpaired) electrons. The van der Waals surface area contributed by atoms with Crippen LogP contribution in [-0.4, -0.2) is 24.3 Å². The van der Waals surface area contributed by atoms with Gasteiger partial charge in [-0.05, 0) is 102 Å². The fraction of sp³-hybridized carbons (Fsp3) is 0.500. The maximum absolute atomic E-state index is 6.04. The van der Waals surface area contributed by atoms with Crippen molar-refractivity contribution in [2.45, 2.75) is 91.1 Å². The molecule has 4 rings (SSSR count). The van der Waals surface area contributed by atoms with Crippen molar-refractivity contribution >= 4 is 22.5 Å². The number of anilines is 2. The zero-order valence-electron chi connectivity index (χ0n) is 23.1. The average Bonchev–Trinajstić information content (AvgIpc) is 2.79. The van der Waals surface area contributed by atoms with Crippen LogP contribution in [0, 0.1) is 0 Å². The van der Waals surface area contributed by atoms with E-state index in [2.05, 4.69) is 101 Å². The molecule has 0 fully saturated rings. The van der Waals surface area contributed by atoms with Gasteiger partial charge in [-0.3, -0.25) is 0 Å². The Balaban J connectivity index is 1.08. The third-order valence-corrected chi connectivity index (χ3v) is 6.98. The van der Waals surface area contributed by atoms with Crippen LogP contribution in [0.3, 0.4) is 0 Å². The summed E-state index contributed by atoms with van der Waals surface area (Å²) < 4.78 is 12.1. The monoisotopic (exact) mass is 488 g/mol. The minimum absolute atomic E-state index is 0.00128. The number of benzene rings is 2. The number of hydrogen-bond donors (Lipinski definition) is 2. The third kappa shape index (κ3) is 6.87. The van der Waals surface area contributed by atoms with Crippen LogP contribution in [-0.2, 0) is 0 Å². The van der Waals surface area contributed by atoms with Gasteiger partial charge in [0.2, 0.25) is 0 Å². The molecule has 2 aliphatic rings. The minimum Gasteiger partial charge on any atom is -0.494 e. The molecule has 194 valence electrons. The molecule has 2 aromatic carbocycles. The summed E-state index contributed by atoms with van der Waals surface area (Å²) in [4.78, 5) is 0. The number of ether oxygens (including phenoxy) is 2. The molecule has 0 amide bonds. The van der Waals surface area contributed by atoms with E-state index in [-0.39, 0.29) is 11.1 Å². The second kappa shape index (κ2) is 11.0. The maximum Gasteiger partial charge on any atom is 0.120 e. The lowest BCUT2D eigenvalue weighted by Gasteiger charge is -2.31. The first-order valence-electron chi connectivity index (χ1n) is 13.6. The van der Waals surface area contributed by atoms with Gasteiger partial charge >= 0.3 is 0 Å². The zero-order valence-corrected chi connectivity index (χ0v) is 23.1. The Hall–Kier alpha value is -2.88. The number of fused-ring (bicyclic) bond motifs is 2. The minimum atomic E-state index is -0.00128. The van der Waals surface area contributed by atoms with Crippen LogP contribution in [0.25, 0.3) is 11.1 Å². The summed E-state index contributed by atoms with van der Waals surface area (Å²) in [6.45, 7) is 14.7. The number of unbranched alkanes of at least 4 members (excludes halogenated alkanes) is 5. The summed E-state index contributed by atoms with van der Waals surface area (Å²) in [6.07, 6.45) is 11.7. The van der Waals surface area contributed by atoms with Gasteiger partial charge in [0.05, 0.1) is 24.3 Å². The van der Waals surface area contributed by atoms with Crippen LogP contribution >= 0.6 is 0 Å². The van der Waals surface area contributed by atoms with Gasteiger partial charge < -0.3 is 20.1 Å². The van der Waals surface area contributed by atoms with E-state index in [1.54, 1.807) is 0 Å². The summed E-state index contributed by atoms with van der Waals surface area (Å²) in [7, 11) is 0. The predicted octanol–water partition coefficient (Wildman–Crippen LogP) is 8.70. The largest absolute Gasteiger partial charge is 0.494 e. The van der Waals surface area contributed by atoms with Gasteiger partial charge in [-0.2, -0.15) is 0 Å². The smallest absolute Gasteiger partial charge is 0.120 e. The molecule has 2 aliphatic heterocycles.